The van der Waals surface area contributed by atoms with Crippen molar-refractivity contribution in [1.82, 2.24) is 0 Å². The normalized spacial score (nSPS) is 17.9. The first-order valence-electron chi connectivity index (χ1n) is 5.74. The summed E-state index contributed by atoms with van der Waals surface area (Å²) in [6.45, 7) is 9.45. The summed E-state index contributed by atoms with van der Waals surface area (Å²) < 4.78 is 0. The van der Waals surface area contributed by atoms with Gasteiger partial charge in [0, 0.05) is 12.8 Å². The molecule has 78 valence electrons. The largest absolute Gasteiger partial charge is 0.310 e. The topological polar surface area (TPSA) is 4.36 Å². The molecule has 1 aromatic rings. The van der Waals surface area contributed by atoms with Crippen LogP contribution in [0.1, 0.15) is 37.3 Å². The summed E-state index contributed by atoms with van der Waals surface area (Å²) >= 11 is 0. The van der Waals surface area contributed by atoms with E-state index in [4.69, 9.17) is 6.57 Å². The third kappa shape index (κ3) is 2.04. The zero-order chi connectivity index (χ0) is 10.7. The highest BCUT2D eigenvalue weighted by molar-refractivity contribution is 5.27. The molecule has 0 spiro atoms. The van der Waals surface area contributed by atoms with E-state index in [0.29, 0.717) is 0 Å². The van der Waals surface area contributed by atoms with E-state index in [1.807, 2.05) is 0 Å². The van der Waals surface area contributed by atoms with Gasteiger partial charge in [-0.25, -0.2) is 6.57 Å². The van der Waals surface area contributed by atoms with Crippen LogP contribution in [0.3, 0.4) is 0 Å². The number of nitrogens with zero attached hydrogens (tertiary/aromatic N) is 1. The molecule has 2 rings (SSSR count). The Morgan fingerprint density at radius 2 is 2.07 bits per heavy atom. The second-order valence-corrected chi connectivity index (χ2v) is 4.54. The molecule has 0 amide bonds. The van der Waals surface area contributed by atoms with E-state index in [0.717, 1.165) is 25.7 Å². The van der Waals surface area contributed by atoms with Crippen LogP contribution in [0.15, 0.2) is 24.3 Å². The molecular weight excluding hydrogens is 182 g/mol. The maximum absolute atomic E-state index is 7.28. The lowest BCUT2D eigenvalue weighted by Gasteiger charge is -2.30. The van der Waals surface area contributed by atoms with Gasteiger partial charge in [-0.2, -0.15) is 0 Å². The van der Waals surface area contributed by atoms with E-state index in [1.54, 1.807) is 0 Å². The molecule has 1 aliphatic rings. The van der Waals surface area contributed by atoms with Crippen LogP contribution in [0.25, 0.3) is 4.85 Å². The highest BCUT2D eigenvalue weighted by Gasteiger charge is 2.43. The van der Waals surface area contributed by atoms with E-state index in [2.05, 4.69) is 36.0 Å². The minimum atomic E-state index is -0.0492. The Hall–Kier alpha value is -1.29. The first-order valence-corrected chi connectivity index (χ1v) is 5.74. The van der Waals surface area contributed by atoms with Crippen molar-refractivity contribution in [2.75, 3.05) is 0 Å². The van der Waals surface area contributed by atoms with Gasteiger partial charge >= 0.3 is 0 Å². The van der Waals surface area contributed by atoms with Gasteiger partial charge in [0.2, 0.25) is 5.54 Å². The number of hydrogen-bond donors (Lipinski definition) is 0. The second-order valence-electron chi connectivity index (χ2n) is 4.54. The maximum Gasteiger partial charge on any atom is 0.236 e. The van der Waals surface area contributed by atoms with Crippen molar-refractivity contribution in [3.05, 3.63) is 46.8 Å². The van der Waals surface area contributed by atoms with Gasteiger partial charge in [-0.05, 0) is 24.0 Å². The van der Waals surface area contributed by atoms with Crippen molar-refractivity contribution in [1.29, 1.82) is 0 Å². The summed E-state index contributed by atoms with van der Waals surface area (Å²) in [4.78, 5) is 3.83. The molecule has 0 aromatic heterocycles. The van der Waals surface area contributed by atoms with Crippen molar-refractivity contribution in [2.24, 2.45) is 0 Å². The number of benzene rings is 1. The molecule has 1 aromatic carbocycles. The first-order chi connectivity index (χ1) is 7.28. The summed E-state index contributed by atoms with van der Waals surface area (Å²) in [5, 5.41) is 0. The Bertz CT molecular complexity index is 383. The smallest absolute Gasteiger partial charge is 0.236 e. The van der Waals surface area contributed by atoms with E-state index in [-0.39, 0.29) is 5.54 Å². The summed E-state index contributed by atoms with van der Waals surface area (Å²) in [5.41, 5.74) is 2.67. The lowest BCUT2D eigenvalue weighted by atomic mass is 9.73. The van der Waals surface area contributed by atoms with Crippen LogP contribution in [0.5, 0.6) is 0 Å². The Morgan fingerprint density at radius 3 is 2.60 bits per heavy atom. The van der Waals surface area contributed by atoms with E-state index in [9.17, 15) is 0 Å². The molecule has 0 aliphatic heterocycles. The van der Waals surface area contributed by atoms with Crippen molar-refractivity contribution in [2.45, 2.75) is 44.6 Å². The summed E-state index contributed by atoms with van der Waals surface area (Å²) in [6, 6.07) is 8.69. The van der Waals surface area contributed by atoms with E-state index < -0.39 is 0 Å². The Kier molecular flexibility index (Phi) is 2.77. The molecule has 1 nitrogen and oxygen atoms in total. The zero-order valence-electron chi connectivity index (χ0n) is 9.29. The van der Waals surface area contributed by atoms with Crippen LogP contribution in [0.4, 0.5) is 0 Å². The van der Waals surface area contributed by atoms with Gasteiger partial charge in [-0.15, -0.1) is 0 Å². The number of aryl methyl sites for hydroxylation is 1. The molecule has 0 heterocycles. The SMILES string of the molecule is [C-]#[N+]C1(Cc2cccc(CC)c2)CCC1. The molecule has 0 radical (unpaired) electrons. The highest BCUT2D eigenvalue weighted by Crippen LogP contribution is 2.38. The Labute approximate surface area is 91.9 Å². The van der Waals surface area contributed by atoms with Gasteiger partial charge in [0.25, 0.3) is 0 Å². The molecule has 1 aliphatic carbocycles. The Balaban J connectivity index is 2.13. The number of hydrogen-bond acceptors (Lipinski definition) is 0. The maximum atomic E-state index is 7.28. The molecule has 1 saturated carbocycles. The van der Waals surface area contributed by atoms with Crippen molar-refractivity contribution >= 4 is 0 Å². The number of rotatable bonds is 3. The fourth-order valence-electron chi connectivity index (χ4n) is 2.25. The van der Waals surface area contributed by atoms with Crippen LogP contribution in [0, 0.1) is 6.57 Å². The second kappa shape index (κ2) is 4.06. The summed E-state index contributed by atoms with van der Waals surface area (Å²) in [5.74, 6) is 0. The summed E-state index contributed by atoms with van der Waals surface area (Å²) in [6.07, 6.45) is 5.44. The summed E-state index contributed by atoms with van der Waals surface area (Å²) in [7, 11) is 0. The fraction of sp³-hybridized carbons (Fsp3) is 0.500. The average molecular weight is 199 g/mol. The van der Waals surface area contributed by atoms with Crippen LogP contribution in [0.2, 0.25) is 0 Å². The minimum Gasteiger partial charge on any atom is -0.310 e. The molecule has 1 fully saturated rings. The van der Waals surface area contributed by atoms with Crippen molar-refractivity contribution in [3.63, 3.8) is 0 Å². The highest BCUT2D eigenvalue weighted by atomic mass is 14.8. The van der Waals surface area contributed by atoms with Gasteiger partial charge in [-0.1, -0.05) is 31.2 Å². The van der Waals surface area contributed by atoms with Crippen LogP contribution in [-0.4, -0.2) is 5.54 Å². The minimum absolute atomic E-state index is 0.0492. The first kappa shape index (κ1) is 10.2. The van der Waals surface area contributed by atoms with E-state index in [1.165, 1.54) is 17.5 Å². The quantitative estimate of drug-likeness (QED) is 0.655. The Morgan fingerprint density at radius 1 is 1.33 bits per heavy atom. The van der Waals surface area contributed by atoms with Gasteiger partial charge in [0.15, 0.2) is 0 Å². The molecule has 0 N–H and O–H groups in total. The lowest BCUT2D eigenvalue weighted by Crippen LogP contribution is -2.35. The van der Waals surface area contributed by atoms with Gasteiger partial charge < -0.3 is 4.85 Å². The molecule has 1 heteroatoms. The lowest BCUT2D eigenvalue weighted by molar-refractivity contribution is 0.301. The van der Waals surface area contributed by atoms with Crippen LogP contribution >= 0.6 is 0 Å². The van der Waals surface area contributed by atoms with Crippen LogP contribution in [-0.2, 0) is 12.8 Å². The fourth-order valence-corrected chi connectivity index (χ4v) is 2.25. The predicted octanol–water partition coefficient (Wildman–Crippen LogP) is 3.63. The van der Waals surface area contributed by atoms with Gasteiger partial charge in [0.1, 0.15) is 0 Å². The molecule has 0 bridgehead atoms. The van der Waals surface area contributed by atoms with Crippen molar-refractivity contribution < 1.29 is 0 Å². The molecule has 0 atom stereocenters. The molecular formula is C14H17N. The van der Waals surface area contributed by atoms with Crippen molar-refractivity contribution in [3.8, 4) is 0 Å². The van der Waals surface area contributed by atoms with Crippen LogP contribution < -0.4 is 0 Å². The third-order valence-electron chi connectivity index (χ3n) is 3.45. The van der Waals surface area contributed by atoms with Gasteiger partial charge in [-0.3, -0.25) is 0 Å². The average Bonchev–Trinajstić information content (AvgIpc) is 2.24. The molecule has 15 heavy (non-hydrogen) atoms. The predicted molar refractivity (Wildman–Crippen MR) is 62.7 cm³/mol. The third-order valence-corrected chi connectivity index (χ3v) is 3.45. The molecule has 0 unspecified atom stereocenters. The standard InChI is InChI=1S/C14H17N/c1-3-12-6-4-7-13(10-12)11-14(15-2)8-5-9-14/h4,6-7,10H,3,5,8-9,11H2,1H3. The zero-order valence-corrected chi connectivity index (χ0v) is 9.29. The molecule has 0 saturated heterocycles. The van der Waals surface area contributed by atoms with Gasteiger partial charge in [0.05, 0.1) is 6.42 Å². The monoisotopic (exact) mass is 199 g/mol. The van der Waals surface area contributed by atoms with E-state index >= 15 is 0 Å².